The zero-order valence-corrected chi connectivity index (χ0v) is 13.1. The second-order valence-corrected chi connectivity index (χ2v) is 7.72. The van der Waals surface area contributed by atoms with E-state index in [0.29, 0.717) is 18.5 Å². The first-order valence-electron chi connectivity index (χ1n) is 7.23. The Morgan fingerprint density at radius 2 is 2.10 bits per heavy atom. The summed E-state index contributed by atoms with van der Waals surface area (Å²) in [6, 6.07) is 7.53. The van der Waals surface area contributed by atoms with Gasteiger partial charge in [0.1, 0.15) is 0 Å². The second-order valence-electron chi connectivity index (χ2n) is 5.49. The van der Waals surface area contributed by atoms with Crippen LogP contribution in [0.5, 0.6) is 0 Å². The van der Waals surface area contributed by atoms with Gasteiger partial charge >= 0.3 is 0 Å². The molecule has 0 aliphatic carbocycles. The van der Waals surface area contributed by atoms with E-state index in [4.69, 9.17) is 0 Å². The topological polar surface area (TPSA) is 75.3 Å². The van der Waals surface area contributed by atoms with Crippen molar-refractivity contribution in [3.63, 3.8) is 0 Å². The highest BCUT2D eigenvalue weighted by atomic mass is 32.2. The summed E-state index contributed by atoms with van der Waals surface area (Å²) in [5.74, 6) is 0.357. The lowest BCUT2D eigenvalue weighted by atomic mass is 10.0. The number of likely N-dealkylation sites (N-methyl/N-ethyl adjacent to an activating group) is 1. The first-order valence-corrected chi connectivity index (χ1v) is 9.05. The largest absolute Gasteiger partial charge is 0.352 e. The van der Waals surface area contributed by atoms with Gasteiger partial charge in [0.2, 0.25) is 0 Å². The van der Waals surface area contributed by atoms with Crippen molar-refractivity contribution in [3.05, 3.63) is 35.4 Å². The van der Waals surface area contributed by atoms with E-state index >= 15 is 0 Å². The Balaban J connectivity index is 1.94. The average molecular weight is 310 g/mol. The molecule has 1 aromatic carbocycles. The van der Waals surface area contributed by atoms with Gasteiger partial charge in [-0.2, -0.15) is 0 Å². The lowest BCUT2D eigenvalue weighted by Crippen LogP contribution is -2.30. The van der Waals surface area contributed by atoms with E-state index in [1.54, 1.807) is 0 Å². The summed E-state index contributed by atoms with van der Waals surface area (Å²) in [6.07, 6.45) is 1.43. The molecule has 0 saturated carbocycles. The molecular formula is C15H22N2O3S. The number of hydrogen-bond acceptors (Lipinski definition) is 4. The molecule has 2 rings (SSSR count). The molecule has 21 heavy (non-hydrogen) atoms. The normalized spacial score (nSPS) is 20.3. The van der Waals surface area contributed by atoms with E-state index in [1.165, 1.54) is 0 Å². The molecule has 5 nitrogen and oxygen atoms in total. The maximum Gasteiger partial charge on any atom is 0.251 e. The molecule has 116 valence electrons. The van der Waals surface area contributed by atoms with Crippen molar-refractivity contribution in [2.45, 2.75) is 12.8 Å². The first-order chi connectivity index (χ1) is 10.0. The minimum absolute atomic E-state index is 0.0448. The van der Waals surface area contributed by atoms with Gasteiger partial charge in [-0.15, -0.1) is 0 Å². The third-order valence-corrected chi connectivity index (χ3v) is 5.62. The van der Waals surface area contributed by atoms with E-state index < -0.39 is 9.84 Å². The Labute approximate surface area is 126 Å². The SMILES string of the molecule is CNCCc1ccccc1C(=O)NCC1CCS(=O)(=O)C1. The van der Waals surface area contributed by atoms with Crippen LogP contribution in [0.2, 0.25) is 0 Å². The average Bonchev–Trinajstić information content (AvgIpc) is 2.82. The molecule has 1 aliphatic heterocycles. The van der Waals surface area contributed by atoms with Crippen LogP contribution in [0, 0.1) is 5.92 Å². The fourth-order valence-corrected chi connectivity index (χ4v) is 4.45. The van der Waals surface area contributed by atoms with Gasteiger partial charge in [0.05, 0.1) is 11.5 Å². The molecule has 1 atom stereocenters. The molecule has 2 N–H and O–H groups in total. The van der Waals surface area contributed by atoms with Gasteiger partial charge in [-0.25, -0.2) is 8.42 Å². The molecule has 1 aliphatic rings. The van der Waals surface area contributed by atoms with Crippen LogP contribution in [0.15, 0.2) is 24.3 Å². The molecule has 0 radical (unpaired) electrons. The molecule has 1 unspecified atom stereocenters. The van der Waals surface area contributed by atoms with Gasteiger partial charge in [-0.05, 0) is 44.0 Å². The van der Waals surface area contributed by atoms with Crippen LogP contribution in [-0.4, -0.2) is 46.0 Å². The summed E-state index contributed by atoms with van der Waals surface area (Å²) in [6.45, 7) is 1.24. The zero-order chi connectivity index (χ0) is 15.3. The van der Waals surface area contributed by atoms with Crippen LogP contribution in [-0.2, 0) is 16.3 Å². The minimum Gasteiger partial charge on any atom is -0.352 e. The van der Waals surface area contributed by atoms with Crippen LogP contribution in [0.1, 0.15) is 22.3 Å². The van der Waals surface area contributed by atoms with Crippen molar-refractivity contribution in [2.75, 3.05) is 31.6 Å². The predicted molar refractivity (Wildman–Crippen MR) is 83.2 cm³/mol. The summed E-state index contributed by atoms with van der Waals surface area (Å²) in [4.78, 5) is 12.3. The van der Waals surface area contributed by atoms with Crippen LogP contribution in [0.4, 0.5) is 0 Å². The van der Waals surface area contributed by atoms with Crippen molar-refractivity contribution < 1.29 is 13.2 Å². The molecular weight excluding hydrogens is 288 g/mol. The van der Waals surface area contributed by atoms with Crippen molar-refractivity contribution >= 4 is 15.7 Å². The molecule has 1 saturated heterocycles. The summed E-state index contributed by atoms with van der Waals surface area (Å²) < 4.78 is 22.8. The van der Waals surface area contributed by atoms with E-state index in [2.05, 4.69) is 10.6 Å². The number of hydrogen-bond donors (Lipinski definition) is 2. The van der Waals surface area contributed by atoms with Gasteiger partial charge in [-0.3, -0.25) is 4.79 Å². The first kappa shape index (κ1) is 16.0. The Kier molecular flexibility index (Phi) is 5.36. The van der Waals surface area contributed by atoms with Crippen LogP contribution in [0.3, 0.4) is 0 Å². The van der Waals surface area contributed by atoms with Crippen molar-refractivity contribution in [1.29, 1.82) is 0 Å². The Morgan fingerprint density at radius 3 is 2.76 bits per heavy atom. The maximum absolute atomic E-state index is 12.3. The zero-order valence-electron chi connectivity index (χ0n) is 12.3. The van der Waals surface area contributed by atoms with Gasteiger partial charge in [0.25, 0.3) is 5.91 Å². The number of rotatable bonds is 6. The van der Waals surface area contributed by atoms with Gasteiger partial charge in [-0.1, -0.05) is 18.2 Å². The molecule has 0 aromatic heterocycles. The fourth-order valence-electron chi connectivity index (χ4n) is 2.58. The Hall–Kier alpha value is -1.40. The molecule has 0 spiro atoms. The number of amides is 1. The summed E-state index contributed by atoms with van der Waals surface area (Å²) >= 11 is 0. The van der Waals surface area contributed by atoms with Crippen molar-refractivity contribution in [3.8, 4) is 0 Å². The van der Waals surface area contributed by atoms with Gasteiger partial charge in [0, 0.05) is 12.1 Å². The third kappa shape index (κ3) is 4.54. The van der Waals surface area contributed by atoms with E-state index in [0.717, 1.165) is 18.5 Å². The lowest BCUT2D eigenvalue weighted by Gasteiger charge is -2.12. The molecule has 0 bridgehead atoms. The van der Waals surface area contributed by atoms with E-state index in [-0.39, 0.29) is 23.3 Å². The Morgan fingerprint density at radius 1 is 1.33 bits per heavy atom. The highest BCUT2D eigenvalue weighted by Gasteiger charge is 2.28. The third-order valence-electron chi connectivity index (χ3n) is 3.78. The Bertz CT molecular complexity index is 599. The molecule has 1 aromatic rings. The van der Waals surface area contributed by atoms with Crippen molar-refractivity contribution in [2.24, 2.45) is 5.92 Å². The maximum atomic E-state index is 12.3. The quantitative estimate of drug-likeness (QED) is 0.807. The predicted octanol–water partition coefficient (Wildman–Crippen LogP) is 0.613. The van der Waals surface area contributed by atoms with E-state index in [1.807, 2.05) is 31.3 Å². The smallest absolute Gasteiger partial charge is 0.251 e. The van der Waals surface area contributed by atoms with Gasteiger partial charge < -0.3 is 10.6 Å². The monoisotopic (exact) mass is 310 g/mol. The van der Waals surface area contributed by atoms with E-state index in [9.17, 15) is 13.2 Å². The second kappa shape index (κ2) is 7.04. The molecule has 6 heteroatoms. The standard InChI is InChI=1S/C15H22N2O3S/c1-16-8-6-13-4-2-3-5-14(13)15(18)17-10-12-7-9-21(19,20)11-12/h2-5,12,16H,6-11H2,1H3,(H,17,18). The number of carbonyl (C=O) groups is 1. The van der Waals surface area contributed by atoms with Crippen LogP contribution in [0.25, 0.3) is 0 Å². The highest BCUT2D eigenvalue weighted by Crippen LogP contribution is 2.17. The summed E-state index contributed by atoms with van der Waals surface area (Å²) in [7, 11) is -1.01. The fraction of sp³-hybridized carbons (Fsp3) is 0.533. The lowest BCUT2D eigenvalue weighted by molar-refractivity contribution is 0.0947. The summed E-state index contributed by atoms with van der Waals surface area (Å²) in [5, 5.41) is 5.94. The van der Waals surface area contributed by atoms with Crippen LogP contribution >= 0.6 is 0 Å². The number of nitrogens with one attached hydrogen (secondary N) is 2. The van der Waals surface area contributed by atoms with Gasteiger partial charge in [0.15, 0.2) is 9.84 Å². The molecule has 1 amide bonds. The number of carbonyl (C=O) groups excluding carboxylic acids is 1. The van der Waals surface area contributed by atoms with Crippen LogP contribution < -0.4 is 10.6 Å². The highest BCUT2D eigenvalue weighted by molar-refractivity contribution is 7.91. The number of benzene rings is 1. The van der Waals surface area contributed by atoms with Crippen molar-refractivity contribution in [1.82, 2.24) is 10.6 Å². The molecule has 1 fully saturated rings. The summed E-state index contributed by atoms with van der Waals surface area (Å²) in [5.41, 5.74) is 1.68. The molecule has 1 heterocycles. The number of sulfone groups is 1. The minimum atomic E-state index is -2.89.